The lowest BCUT2D eigenvalue weighted by atomic mass is 10.3. The monoisotopic (exact) mass is 370 g/mol. The molecule has 9 heteroatoms. The summed E-state index contributed by atoms with van der Waals surface area (Å²) in [5.74, 6) is 0.876. The molecule has 0 bridgehead atoms. The molecule has 0 atom stereocenters. The second kappa shape index (κ2) is 8.89. The highest BCUT2D eigenvalue weighted by Gasteiger charge is 2.22. The Morgan fingerprint density at radius 1 is 1.24 bits per heavy atom. The topological polar surface area (TPSA) is 91.8 Å². The van der Waals surface area contributed by atoms with Crippen molar-refractivity contribution >= 4 is 27.6 Å². The maximum atomic E-state index is 11.9. The zero-order chi connectivity index (χ0) is 18.3. The van der Waals surface area contributed by atoms with E-state index in [4.69, 9.17) is 4.74 Å². The number of hydrogen-bond donors (Lipinski definition) is 1. The number of aromatic nitrogens is 1. The Labute approximate surface area is 149 Å². The zero-order valence-corrected chi connectivity index (χ0v) is 15.6. The van der Waals surface area contributed by atoms with Crippen LogP contribution in [0.1, 0.15) is 26.7 Å². The highest BCUT2D eigenvalue weighted by Crippen LogP contribution is 2.17. The molecule has 140 valence electrons. The number of nitrogens with zero attached hydrogens (tertiary/aromatic N) is 3. The van der Waals surface area contributed by atoms with Crippen molar-refractivity contribution in [1.29, 1.82) is 0 Å². The average Bonchev–Trinajstić information content (AvgIpc) is 2.61. The number of carbonyl (C=O) groups excluding carboxylic acids is 1. The first kappa shape index (κ1) is 19.3. The third-order valence-corrected chi connectivity index (χ3v) is 5.29. The van der Waals surface area contributed by atoms with E-state index < -0.39 is 10.0 Å². The van der Waals surface area contributed by atoms with Crippen molar-refractivity contribution in [2.75, 3.05) is 48.2 Å². The number of carbonyl (C=O) groups is 1. The van der Waals surface area contributed by atoms with Gasteiger partial charge in [0.05, 0.1) is 24.2 Å². The molecule has 0 aliphatic carbocycles. The van der Waals surface area contributed by atoms with Crippen LogP contribution in [0.15, 0.2) is 18.3 Å². The predicted molar refractivity (Wildman–Crippen MR) is 97.4 cm³/mol. The number of ether oxygens (including phenoxy) is 1. The Morgan fingerprint density at radius 2 is 1.96 bits per heavy atom. The third kappa shape index (κ3) is 5.77. The summed E-state index contributed by atoms with van der Waals surface area (Å²) in [6, 6.07) is 3.50. The van der Waals surface area contributed by atoms with E-state index in [1.165, 1.54) is 6.20 Å². The molecule has 0 unspecified atom stereocenters. The second-order valence-corrected chi connectivity index (χ2v) is 7.69. The van der Waals surface area contributed by atoms with Gasteiger partial charge in [0.2, 0.25) is 10.0 Å². The maximum absolute atomic E-state index is 11.9. The van der Waals surface area contributed by atoms with E-state index in [9.17, 15) is 13.2 Å². The summed E-state index contributed by atoms with van der Waals surface area (Å²) in [6.45, 7) is 6.58. The van der Waals surface area contributed by atoms with Gasteiger partial charge in [-0.15, -0.1) is 0 Å². The molecule has 1 aromatic rings. The number of pyridine rings is 1. The van der Waals surface area contributed by atoms with Crippen molar-refractivity contribution in [1.82, 2.24) is 9.88 Å². The summed E-state index contributed by atoms with van der Waals surface area (Å²) in [5.41, 5.74) is 0.463. The van der Waals surface area contributed by atoms with Gasteiger partial charge in [0, 0.05) is 26.2 Å². The SMILES string of the molecule is CCCCS(=O)(=O)Nc1ccc(N2CCN(C(=O)OCC)CC2)nc1. The first-order valence-corrected chi connectivity index (χ1v) is 10.2. The van der Waals surface area contributed by atoms with Crippen LogP contribution in [-0.4, -0.2) is 62.9 Å². The van der Waals surface area contributed by atoms with Crippen LogP contribution in [0.2, 0.25) is 0 Å². The van der Waals surface area contributed by atoms with Gasteiger partial charge in [0.15, 0.2) is 0 Å². The standard InChI is InChI=1S/C16H26N4O4S/c1-3-5-12-25(22,23)18-14-6-7-15(17-13-14)19-8-10-20(11-9-19)16(21)24-4-2/h6-7,13,18H,3-5,8-12H2,1-2H3. The third-order valence-electron chi connectivity index (χ3n) is 3.92. The Morgan fingerprint density at radius 3 is 2.52 bits per heavy atom. The number of sulfonamides is 1. The van der Waals surface area contributed by atoms with E-state index in [1.54, 1.807) is 24.0 Å². The summed E-state index contributed by atoms with van der Waals surface area (Å²) in [7, 11) is -3.32. The van der Waals surface area contributed by atoms with Crippen molar-refractivity contribution in [3.8, 4) is 0 Å². The fraction of sp³-hybridized carbons (Fsp3) is 0.625. The molecule has 1 amide bonds. The number of hydrogen-bond acceptors (Lipinski definition) is 6. The Bertz CT molecular complexity index is 655. The molecule has 8 nitrogen and oxygen atoms in total. The highest BCUT2D eigenvalue weighted by molar-refractivity contribution is 7.92. The van der Waals surface area contributed by atoms with Gasteiger partial charge in [-0.25, -0.2) is 18.2 Å². The lowest BCUT2D eigenvalue weighted by Gasteiger charge is -2.34. The van der Waals surface area contributed by atoms with Crippen molar-refractivity contribution in [3.63, 3.8) is 0 Å². The maximum Gasteiger partial charge on any atom is 0.409 e. The Hall–Kier alpha value is -2.03. The minimum Gasteiger partial charge on any atom is -0.450 e. The number of rotatable bonds is 7. The molecule has 1 aliphatic heterocycles. The van der Waals surface area contributed by atoms with Gasteiger partial charge in [-0.1, -0.05) is 13.3 Å². The molecule has 1 saturated heterocycles. The molecule has 0 spiro atoms. The van der Waals surface area contributed by atoms with Gasteiger partial charge in [0.1, 0.15) is 5.82 Å². The van der Waals surface area contributed by atoms with Crippen LogP contribution in [0.5, 0.6) is 0 Å². The van der Waals surface area contributed by atoms with Crippen LogP contribution in [0.25, 0.3) is 0 Å². The largest absolute Gasteiger partial charge is 0.450 e. The van der Waals surface area contributed by atoms with E-state index in [1.807, 2.05) is 6.92 Å². The minimum atomic E-state index is -3.32. The Kier molecular flexibility index (Phi) is 6.86. The normalized spacial score (nSPS) is 15.1. The molecule has 0 saturated carbocycles. The van der Waals surface area contributed by atoms with Crippen LogP contribution in [0, 0.1) is 0 Å². The predicted octanol–water partition coefficient (Wildman–Crippen LogP) is 1.90. The van der Waals surface area contributed by atoms with Crippen LogP contribution >= 0.6 is 0 Å². The number of amides is 1. The molecule has 2 heterocycles. The number of anilines is 2. The lowest BCUT2D eigenvalue weighted by molar-refractivity contribution is 0.105. The molecular formula is C16H26N4O4S. The summed E-state index contributed by atoms with van der Waals surface area (Å²) < 4.78 is 31.3. The molecule has 1 aliphatic rings. The fourth-order valence-electron chi connectivity index (χ4n) is 2.53. The molecule has 1 aromatic heterocycles. The van der Waals surface area contributed by atoms with Gasteiger partial charge in [-0.2, -0.15) is 0 Å². The summed E-state index contributed by atoms with van der Waals surface area (Å²) in [5, 5.41) is 0. The molecule has 2 rings (SSSR count). The van der Waals surface area contributed by atoms with Crippen LogP contribution in [0.3, 0.4) is 0 Å². The van der Waals surface area contributed by atoms with E-state index >= 15 is 0 Å². The van der Waals surface area contributed by atoms with Gasteiger partial charge in [-0.3, -0.25) is 4.72 Å². The van der Waals surface area contributed by atoms with Crippen molar-refractivity contribution in [3.05, 3.63) is 18.3 Å². The van der Waals surface area contributed by atoms with Gasteiger partial charge < -0.3 is 14.5 Å². The van der Waals surface area contributed by atoms with E-state index in [0.717, 1.165) is 12.2 Å². The summed E-state index contributed by atoms with van der Waals surface area (Å²) in [4.78, 5) is 19.8. The number of piperazine rings is 1. The summed E-state index contributed by atoms with van der Waals surface area (Å²) >= 11 is 0. The van der Waals surface area contributed by atoms with Crippen LogP contribution in [0.4, 0.5) is 16.3 Å². The fourth-order valence-corrected chi connectivity index (χ4v) is 3.78. The first-order chi connectivity index (χ1) is 11.9. The number of unbranched alkanes of at least 4 members (excludes halogenated alkanes) is 1. The van der Waals surface area contributed by atoms with Crippen LogP contribution < -0.4 is 9.62 Å². The first-order valence-electron chi connectivity index (χ1n) is 8.58. The van der Waals surface area contributed by atoms with Gasteiger partial charge >= 0.3 is 6.09 Å². The van der Waals surface area contributed by atoms with Gasteiger partial charge in [0.25, 0.3) is 0 Å². The molecule has 0 aromatic carbocycles. The summed E-state index contributed by atoms with van der Waals surface area (Å²) in [6.07, 6.45) is 2.70. The Balaban J connectivity index is 1.90. The van der Waals surface area contributed by atoms with Crippen molar-refractivity contribution in [2.45, 2.75) is 26.7 Å². The quantitative estimate of drug-likeness (QED) is 0.788. The molecule has 1 N–H and O–H groups in total. The van der Waals surface area contributed by atoms with Crippen LogP contribution in [-0.2, 0) is 14.8 Å². The van der Waals surface area contributed by atoms with Crippen molar-refractivity contribution in [2.24, 2.45) is 0 Å². The molecule has 0 radical (unpaired) electrons. The lowest BCUT2D eigenvalue weighted by Crippen LogP contribution is -2.49. The zero-order valence-electron chi connectivity index (χ0n) is 14.8. The highest BCUT2D eigenvalue weighted by atomic mass is 32.2. The second-order valence-electron chi connectivity index (χ2n) is 5.85. The van der Waals surface area contributed by atoms with Gasteiger partial charge in [-0.05, 0) is 25.5 Å². The number of nitrogens with one attached hydrogen (secondary N) is 1. The van der Waals surface area contributed by atoms with Crippen molar-refractivity contribution < 1.29 is 17.9 Å². The minimum absolute atomic E-state index is 0.112. The van der Waals surface area contributed by atoms with E-state index in [-0.39, 0.29) is 11.8 Å². The van der Waals surface area contributed by atoms with E-state index in [0.29, 0.717) is 44.9 Å². The van der Waals surface area contributed by atoms with E-state index in [2.05, 4.69) is 14.6 Å². The molecular weight excluding hydrogens is 344 g/mol. The average molecular weight is 370 g/mol. The smallest absolute Gasteiger partial charge is 0.409 e. The molecule has 25 heavy (non-hydrogen) atoms. The molecule has 1 fully saturated rings.